The Balaban J connectivity index is 4.76. The van der Waals surface area contributed by atoms with E-state index in [-0.39, 0.29) is 23.7 Å². The summed E-state index contributed by atoms with van der Waals surface area (Å²) < 4.78 is 5.45. The summed E-state index contributed by atoms with van der Waals surface area (Å²) in [6.07, 6.45) is 0. The summed E-state index contributed by atoms with van der Waals surface area (Å²) in [6, 6.07) is -1.25. The predicted molar refractivity (Wildman–Crippen MR) is 79.0 cm³/mol. The van der Waals surface area contributed by atoms with Crippen molar-refractivity contribution in [1.82, 2.24) is 5.32 Å². The quantitative estimate of drug-likeness (QED) is 0.726. The van der Waals surface area contributed by atoms with E-state index in [1.54, 1.807) is 0 Å². The van der Waals surface area contributed by atoms with E-state index in [0.717, 1.165) is 0 Å². The van der Waals surface area contributed by atoms with Gasteiger partial charge in [0.1, 0.15) is 6.04 Å². The van der Waals surface area contributed by atoms with Crippen LogP contribution in [0.25, 0.3) is 0 Å². The fraction of sp³-hybridized carbons (Fsp3) is 0.846. The van der Waals surface area contributed by atoms with Crippen LogP contribution < -0.4 is 11.1 Å². The number of hydrogen-bond donors (Lipinski definition) is 2. The van der Waals surface area contributed by atoms with Crippen LogP contribution in [0.15, 0.2) is 0 Å². The summed E-state index contributed by atoms with van der Waals surface area (Å²) in [7, 11) is -1.96. The Morgan fingerprint density at radius 2 is 1.53 bits per heavy atom. The minimum Gasteiger partial charge on any atom is -0.518 e. The molecule has 5 nitrogen and oxygen atoms in total. The number of nitrogens with one attached hydrogen (secondary N) is 1. The number of carbonyl (C=O) groups is 2. The molecule has 0 spiro atoms. The van der Waals surface area contributed by atoms with Gasteiger partial charge in [0, 0.05) is 0 Å². The van der Waals surface area contributed by atoms with Crippen molar-refractivity contribution in [2.45, 2.75) is 59.4 Å². The molecule has 0 aromatic carbocycles. The van der Waals surface area contributed by atoms with Crippen LogP contribution in [0.5, 0.6) is 0 Å². The maximum atomic E-state index is 12.1. The molecule has 0 bridgehead atoms. The molecule has 0 radical (unpaired) electrons. The molecule has 0 heterocycles. The van der Waals surface area contributed by atoms with Gasteiger partial charge in [-0.2, -0.15) is 0 Å². The number of rotatable bonds is 6. The number of hydrogen-bond acceptors (Lipinski definition) is 4. The lowest BCUT2D eigenvalue weighted by molar-refractivity contribution is -0.141. The molecule has 19 heavy (non-hydrogen) atoms. The van der Waals surface area contributed by atoms with E-state index in [1.807, 2.05) is 47.3 Å². The normalized spacial score (nSPS) is 15.3. The Hall–Kier alpha value is -0.883. The third-order valence-corrected chi connectivity index (χ3v) is 3.46. The van der Waals surface area contributed by atoms with Crippen molar-refractivity contribution >= 4 is 20.2 Å². The smallest absolute Gasteiger partial charge is 0.315 e. The second-order valence-electron chi connectivity index (χ2n) is 6.53. The summed E-state index contributed by atoms with van der Waals surface area (Å²) in [5.41, 5.74) is 5.78. The first-order chi connectivity index (χ1) is 8.45. The lowest BCUT2D eigenvalue weighted by Crippen LogP contribution is -2.53. The minimum atomic E-state index is -1.96. The van der Waals surface area contributed by atoms with Crippen molar-refractivity contribution < 1.29 is 14.0 Å². The molecule has 0 saturated heterocycles. The zero-order chi connectivity index (χ0) is 15.4. The summed E-state index contributed by atoms with van der Waals surface area (Å²) in [5.74, 6) is -0.673. The molecule has 0 saturated carbocycles. The van der Waals surface area contributed by atoms with Gasteiger partial charge < -0.3 is 15.5 Å². The molecule has 1 amide bonds. The fourth-order valence-electron chi connectivity index (χ4n) is 1.42. The highest BCUT2D eigenvalue weighted by molar-refractivity contribution is 6.71. The van der Waals surface area contributed by atoms with E-state index >= 15 is 0 Å². The lowest BCUT2D eigenvalue weighted by Gasteiger charge is -2.27. The average Bonchev–Trinajstić information content (AvgIpc) is 2.20. The standard InChI is InChI=1S/C13H28N2O3Si/c1-8(2)10(14)12(16)15-11(9(3)4)13(17)18-19(5,6)7/h8-11H,14H2,1-7H3,(H,15,16). The Bertz CT molecular complexity index is 324. The van der Waals surface area contributed by atoms with Gasteiger partial charge in [0.25, 0.3) is 0 Å². The number of nitrogens with two attached hydrogens (primary N) is 1. The van der Waals surface area contributed by atoms with Crippen LogP contribution in [0, 0.1) is 11.8 Å². The lowest BCUT2D eigenvalue weighted by atomic mass is 10.0. The van der Waals surface area contributed by atoms with Crippen LogP contribution >= 0.6 is 0 Å². The van der Waals surface area contributed by atoms with Crippen LogP contribution in [-0.4, -0.2) is 32.3 Å². The van der Waals surface area contributed by atoms with Gasteiger partial charge in [-0.25, -0.2) is 0 Å². The SMILES string of the molecule is CC(C)C(N)C(=O)NC(C(=O)O[Si](C)(C)C)C(C)C. The summed E-state index contributed by atoms with van der Waals surface area (Å²) in [5, 5.41) is 2.70. The first kappa shape index (κ1) is 18.1. The van der Waals surface area contributed by atoms with Gasteiger partial charge in [-0.1, -0.05) is 27.7 Å². The van der Waals surface area contributed by atoms with Crippen molar-refractivity contribution in [2.24, 2.45) is 17.6 Å². The molecular weight excluding hydrogens is 260 g/mol. The molecule has 2 atom stereocenters. The van der Waals surface area contributed by atoms with Crippen molar-refractivity contribution in [3.8, 4) is 0 Å². The topological polar surface area (TPSA) is 81.4 Å². The van der Waals surface area contributed by atoms with Crippen LogP contribution in [0.4, 0.5) is 0 Å². The van der Waals surface area contributed by atoms with Gasteiger partial charge in [0.15, 0.2) is 0 Å². The van der Waals surface area contributed by atoms with Crippen LogP contribution in [0.2, 0.25) is 19.6 Å². The molecule has 0 rings (SSSR count). The molecule has 0 aliphatic carbocycles. The average molecular weight is 288 g/mol. The van der Waals surface area contributed by atoms with Crippen LogP contribution in [0.3, 0.4) is 0 Å². The monoisotopic (exact) mass is 288 g/mol. The summed E-state index contributed by atoms with van der Waals surface area (Å²) in [6.45, 7) is 13.3. The molecular formula is C13H28N2O3Si. The summed E-state index contributed by atoms with van der Waals surface area (Å²) in [4.78, 5) is 24.0. The van der Waals surface area contributed by atoms with E-state index in [1.165, 1.54) is 0 Å². The van der Waals surface area contributed by atoms with Gasteiger partial charge in [0.2, 0.25) is 14.2 Å². The van der Waals surface area contributed by atoms with Crippen LogP contribution in [0.1, 0.15) is 27.7 Å². The van der Waals surface area contributed by atoms with Crippen molar-refractivity contribution in [1.29, 1.82) is 0 Å². The Kier molecular flexibility index (Phi) is 6.72. The highest BCUT2D eigenvalue weighted by Gasteiger charge is 2.31. The van der Waals surface area contributed by atoms with Gasteiger partial charge >= 0.3 is 5.97 Å². The van der Waals surface area contributed by atoms with Gasteiger partial charge in [-0.05, 0) is 31.5 Å². The molecule has 0 aromatic heterocycles. The fourth-order valence-corrected chi connectivity index (χ4v) is 2.15. The first-order valence-corrected chi connectivity index (χ1v) is 10.2. The third kappa shape index (κ3) is 6.73. The van der Waals surface area contributed by atoms with E-state index in [0.29, 0.717) is 0 Å². The maximum absolute atomic E-state index is 12.1. The summed E-state index contributed by atoms with van der Waals surface area (Å²) >= 11 is 0. The zero-order valence-corrected chi connectivity index (χ0v) is 14.1. The largest absolute Gasteiger partial charge is 0.518 e. The van der Waals surface area contributed by atoms with E-state index in [4.69, 9.17) is 10.2 Å². The second-order valence-corrected chi connectivity index (χ2v) is 11.0. The van der Waals surface area contributed by atoms with Crippen LogP contribution in [-0.2, 0) is 14.0 Å². The van der Waals surface area contributed by atoms with Gasteiger partial charge in [-0.15, -0.1) is 0 Å². The highest BCUT2D eigenvalue weighted by Crippen LogP contribution is 2.11. The number of carbonyl (C=O) groups excluding carboxylic acids is 2. The second kappa shape index (κ2) is 7.05. The van der Waals surface area contributed by atoms with E-state index in [2.05, 4.69) is 5.32 Å². The molecule has 112 valence electrons. The maximum Gasteiger partial charge on any atom is 0.315 e. The zero-order valence-electron chi connectivity index (χ0n) is 13.1. The van der Waals surface area contributed by atoms with E-state index in [9.17, 15) is 9.59 Å². The molecule has 2 unspecified atom stereocenters. The third-order valence-electron chi connectivity index (χ3n) is 2.65. The molecule has 3 N–H and O–H groups in total. The number of amides is 1. The molecule has 6 heteroatoms. The Morgan fingerprint density at radius 3 is 1.84 bits per heavy atom. The van der Waals surface area contributed by atoms with Crippen molar-refractivity contribution in [2.75, 3.05) is 0 Å². The van der Waals surface area contributed by atoms with E-state index < -0.39 is 20.4 Å². The van der Waals surface area contributed by atoms with Gasteiger partial charge in [-0.3, -0.25) is 9.59 Å². The molecule has 0 aliphatic rings. The highest BCUT2D eigenvalue weighted by atomic mass is 28.4. The minimum absolute atomic E-state index is 0.0285. The Morgan fingerprint density at radius 1 is 1.05 bits per heavy atom. The van der Waals surface area contributed by atoms with Gasteiger partial charge in [0.05, 0.1) is 6.04 Å². The first-order valence-electron chi connectivity index (χ1n) is 6.74. The molecule has 0 fully saturated rings. The molecule has 0 aromatic rings. The molecule has 0 aliphatic heterocycles. The predicted octanol–water partition coefficient (Wildman–Crippen LogP) is 1.49. The van der Waals surface area contributed by atoms with Crippen molar-refractivity contribution in [3.63, 3.8) is 0 Å². The van der Waals surface area contributed by atoms with Crippen molar-refractivity contribution in [3.05, 3.63) is 0 Å². The Labute approximate surface area is 117 Å².